The minimum atomic E-state index is -4.07. The summed E-state index contributed by atoms with van der Waals surface area (Å²) in [5.74, 6) is 0.112. The van der Waals surface area contributed by atoms with Crippen LogP contribution in [0.2, 0.25) is 0 Å². The van der Waals surface area contributed by atoms with E-state index in [1.807, 2.05) is 36.4 Å². The molecule has 0 aliphatic rings. The van der Waals surface area contributed by atoms with E-state index in [1.54, 1.807) is 7.11 Å². The van der Waals surface area contributed by atoms with Crippen LogP contribution >= 0.6 is 10.7 Å². The maximum atomic E-state index is 11.4. The Balaban J connectivity index is 2.33. The molecule has 0 saturated heterocycles. The first kappa shape index (κ1) is 16.6. The Kier molecular flexibility index (Phi) is 4.93. The molecule has 2 aromatic rings. The quantitative estimate of drug-likeness (QED) is 0.784. The SMILES string of the molecule is COc1ccc2cccc(CCN(C(C)=O)S(=O)(=O)Cl)c2c1. The van der Waals surface area contributed by atoms with Gasteiger partial charge in [-0.15, -0.1) is 0 Å². The number of hydrogen-bond donors (Lipinski definition) is 0. The van der Waals surface area contributed by atoms with Gasteiger partial charge in [0.15, 0.2) is 0 Å². The van der Waals surface area contributed by atoms with Crippen LogP contribution in [0.15, 0.2) is 36.4 Å². The average molecular weight is 342 g/mol. The van der Waals surface area contributed by atoms with Gasteiger partial charge < -0.3 is 4.74 Å². The van der Waals surface area contributed by atoms with Crippen molar-refractivity contribution in [1.29, 1.82) is 0 Å². The van der Waals surface area contributed by atoms with Gasteiger partial charge in [0, 0.05) is 24.2 Å². The number of ether oxygens (including phenoxy) is 1. The predicted octanol–water partition coefficient (Wildman–Crippen LogP) is 2.72. The summed E-state index contributed by atoms with van der Waals surface area (Å²) in [6, 6.07) is 11.4. The molecule has 0 aliphatic heterocycles. The number of nitrogens with zero attached hydrogens (tertiary/aromatic N) is 1. The highest BCUT2D eigenvalue weighted by Gasteiger charge is 2.21. The Morgan fingerprint density at radius 2 is 2.00 bits per heavy atom. The van der Waals surface area contributed by atoms with E-state index in [1.165, 1.54) is 6.92 Å². The Labute approximate surface area is 134 Å². The Bertz CT molecular complexity index is 804. The van der Waals surface area contributed by atoms with Gasteiger partial charge in [-0.3, -0.25) is 4.79 Å². The monoisotopic (exact) mass is 341 g/mol. The largest absolute Gasteiger partial charge is 0.497 e. The van der Waals surface area contributed by atoms with E-state index in [2.05, 4.69) is 0 Å². The van der Waals surface area contributed by atoms with Gasteiger partial charge in [0.25, 0.3) is 0 Å². The third-order valence-corrected chi connectivity index (χ3v) is 4.84. The van der Waals surface area contributed by atoms with Crippen molar-refractivity contribution in [1.82, 2.24) is 4.31 Å². The molecule has 0 radical (unpaired) electrons. The number of halogens is 1. The molecule has 0 unspecified atom stereocenters. The third kappa shape index (κ3) is 3.69. The topological polar surface area (TPSA) is 63.7 Å². The number of fused-ring (bicyclic) bond motifs is 1. The van der Waals surface area contributed by atoms with Gasteiger partial charge in [-0.2, -0.15) is 8.42 Å². The van der Waals surface area contributed by atoms with Crippen LogP contribution in [0.1, 0.15) is 12.5 Å². The van der Waals surface area contributed by atoms with Crippen molar-refractivity contribution >= 4 is 36.6 Å². The van der Waals surface area contributed by atoms with Crippen molar-refractivity contribution in [3.63, 3.8) is 0 Å². The molecule has 0 heterocycles. The molecule has 0 bridgehead atoms. The number of hydrogen-bond acceptors (Lipinski definition) is 4. The van der Waals surface area contributed by atoms with Crippen LogP contribution in [0.4, 0.5) is 0 Å². The lowest BCUT2D eigenvalue weighted by Crippen LogP contribution is -2.33. The summed E-state index contributed by atoms with van der Waals surface area (Å²) in [6.07, 6.45) is 0.371. The van der Waals surface area contributed by atoms with Crippen molar-refractivity contribution in [3.05, 3.63) is 42.0 Å². The van der Waals surface area contributed by atoms with Crippen molar-refractivity contribution in [2.24, 2.45) is 0 Å². The molecule has 0 atom stereocenters. The van der Waals surface area contributed by atoms with E-state index in [0.29, 0.717) is 16.5 Å². The molecule has 0 aliphatic carbocycles. The Morgan fingerprint density at radius 3 is 2.59 bits per heavy atom. The lowest BCUT2D eigenvalue weighted by atomic mass is 10.0. The normalized spacial score (nSPS) is 11.4. The van der Waals surface area contributed by atoms with Crippen LogP contribution in [0.5, 0.6) is 5.75 Å². The Morgan fingerprint density at radius 1 is 1.27 bits per heavy atom. The lowest BCUT2D eigenvalue weighted by molar-refractivity contribution is -0.124. The zero-order valence-corrected chi connectivity index (χ0v) is 13.8. The maximum Gasteiger partial charge on any atom is 0.323 e. The molecule has 5 nitrogen and oxygen atoms in total. The molecule has 1 amide bonds. The molecular formula is C15H16ClNO4S. The smallest absolute Gasteiger partial charge is 0.323 e. The third-order valence-electron chi connectivity index (χ3n) is 3.38. The number of carbonyl (C=O) groups is 1. The van der Waals surface area contributed by atoms with Crippen molar-refractivity contribution in [2.75, 3.05) is 13.7 Å². The van der Waals surface area contributed by atoms with Crippen molar-refractivity contribution < 1.29 is 17.9 Å². The van der Waals surface area contributed by atoms with Crippen molar-refractivity contribution in [2.45, 2.75) is 13.3 Å². The first-order chi connectivity index (χ1) is 10.3. The molecule has 0 fully saturated rings. The fraction of sp³-hybridized carbons (Fsp3) is 0.267. The van der Waals surface area contributed by atoms with E-state index < -0.39 is 15.1 Å². The molecule has 0 spiro atoms. The summed E-state index contributed by atoms with van der Waals surface area (Å²) in [7, 11) is 2.80. The summed E-state index contributed by atoms with van der Waals surface area (Å²) >= 11 is 0. The number of amides is 1. The highest BCUT2D eigenvalue weighted by molar-refractivity contribution is 8.12. The molecule has 22 heavy (non-hydrogen) atoms. The van der Waals surface area contributed by atoms with Gasteiger partial charge in [0.1, 0.15) is 5.75 Å². The first-order valence-electron chi connectivity index (χ1n) is 6.61. The summed E-state index contributed by atoms with van der Waals surface area (Å²) in [4.78, 5) is 11.4. The zero-order valence-electron chi connectivity index (χ0n) is 12.2. The minimum Gasteiger partial charge on any atom is -0.497 e. The van der Waals surface area contributed by atoms with Gasteiger partial charge in [-0.05, 0) is 34.9 Å². The van der Waals surface area contributed by atoms with E-state index in [4.69, 9.17) is 15.4 Å². The summed E-state index contributed by atoms with van der Waals surface area (Å²) in [5, 5.41) is 1.97. The summed E-state index contributed by atoms with van der Waals surface area (Å²) in [5.41, 5.74) is 0.919. The van der Waals surface area contributed by atoms with Crippen LogP contribution in [0, 0.1) is 0 Å². The van der Waals surface area contributed by atoms with Crippen LogP contribution in [0.25, 0.3) is 10.8 Å². The molecule has 2 rings (SSSR count). The predicted molar refractivity (Wildman–Crippen MR) is 86.4 cm³/mol. The first-order valence-corrected chi connectivity index (χ1v) is 8.88. The molecule has 118 valence electrons. The lowest BCUT2D eigenvalue weighted by Gasteiger charge is -2.17. The van der Waals surface area contributed by atoms with E-state index in [9.17, 15) is 13.2 Å². The summed E-state index contributed by atoms with van der Waals surface area (Å²) < 4.78 is 28.7. The highest BCUT2D eigenvalue weighted by Crippen LogP contribution is 2.25. The fourth-order valence-electron chi connectivity index (χ4n) is 2.30. The minimum absolute atomic E-state index is 0.00249. The van der Waals surface area contributed by atoms with Crippen LogP contribution in [-0.4, -0.2) is 32.3 Å². The van der Waals surface area contributed by atoms with Gasteiger partial charge in [-0.25, -0.2) is 4.31 Å². The molecule has 7 heteroatoms. The van der Waals surface area contributed by atoms with Gasteiger partial charge in [0.2, 0.25) is 5.91 Å². The van der Waals surface area contributed by atoms with Gasteiger partial charge in [0.05, 0.1) is 7.11 Å². The second kappa shape index (κ2) is 6.54. The van der Waals surface area contributed by atoms with Gasteiger partial charge >= 0.3 is 9.24 Å². The number of benzene rings is 2. The summed E-state index contributed by atoms with van der Waals surface area (Å²) in [6.45, 7) is 1.17. The van der Waals surface area contributed by atoms with E-state index in [-0.39, 0.29) is 6.54 Å². The second-order valence-corrected chi connectivity index (χ2v) is 7.22. The highest BCUT2D eigenvalue weighted by atomic mass is 35.7. The van der Waals surface area contributed by atoms with Crippen molar-refractivity contribution in [3.8, 4) is 5.75 Å². The standard InChI is InChI=1S/C15H16ClNO4S/c1-11(18)17(22(16,19)20)9-8-13-5-3-4-12-6-7-14(21-2)10-15(12)13/h3-7,10H,8-9H2,1-2H3. The molecule has 0 saturated carbocycles. The zero-order chi connectivity index (χ0) is 16.3. The molecule has 2 aromatic carbocycles. The molecule has 0 aromatic heterocycles. The van der Waals surface area contributed by atoms with Gasteiger partial charge in [-0.1, -0.05) is 24.3 Å². The fourth-order valence-corrected chi connectivity index (χ4v) is 3.42. The number of carbonyl (C=O) groups excluding carboxylic acids is 1. The molecule has 0 N–H and O–H groups in total. The van der Waals surface area contributed by atoms with Crippen LogP contribution in [-0.2, 0) is 20.5 Å². The maximum absolute atomic E-state index is 11.4. The van der Waals surface area contributed by atoms with E-state index in [0.717, 1.165) is 16.3 Å². The van der Waals surface area contributed by atoms with Crippen LogP contribution < -0.4 is 4.74 Å². The average Bonchev–Trinajstić information content (AvgIpc) is 2.45. The van der Waals surface area contributed by atoms with Crippen LogP contribution in [0.3, 0.4) is 0 Å². The second-order valence-electron chi connectivity index (χ2n) is 4.79. The number of rotatable bonds is 5. The molecular weight excluding hydrogens is 326 g/mol. The Hall–Kier alpha value is -1.79. The number of methoxy groups -OCH3 is 1. The van der Waals surface area contributed by atoms with E-state index >= 15 is 0 Å².